The molecule has 5 rings (SSSR count). The number of likely N-dealkylation sites (tertiary alicyclic amines) is 2. The van der Waals surface area contributed by atoms with Crippen molar-refractivity contribution in [2.45, 2.75) is 38.1 Å². The first-order chi connectivity index (χ1) is 17.5. The van der Waals surface area contributed by atoms with E-state index in [4.69, 9.17) is 22.1 Å². The molecule has 3 aliphatic rings. The number of ether oxygens (including phenoxy) is 1. The summed E-state index contributed by atoms with van der Waals surface area (Å²) in [5, 5.41) is 6.56. The maximum absolute atomic E-state index is 13.0. The van der Waals surface area contributed by atoms with Gasteiger partial charge in [0, 0.05) is 56.4 Å². The second kappa shape index (κ2) is 11.0. The zero-order valence-corrected chi connectivity index (χ0v) is 21.2. The highest BCUT2D eigenvalue weighted by Gasteiger charge is 2.29. The highest BCUT2D eigenvalue weighted by Crippen LogP contribution is 2.38. The number of nitrogen functional groups attached to an aromatic ring is 1. The normalized spacial score (nSPS) is 19.0. The summed E-state index contributed by atoms with van der Waals surface area (Å²) in [5.41, 5.74) is 8.72. The van der Waals surface area contributed by atoms with Crippen molar-refractivity contribution < 1.29 is 14.3 Å². The summed E-state index contributed by atoms with van der Waals surface area (Å²) in [7, 11) is 0. The van der Waals surface area contributed by atoms with E-state index in [0.717, 1.165) is 69.7 Å². The predicted octanol–water partition coefficient (Wildman–Crippen LogP) is 4.00. The Morgan fingerprint density at radius 2 is 1.78 bits per heavy atom. The second-order valence-electron chi connectivity index (χ2n) is 10.0. The quantitative estimate of drug-likeness (QED) is 0.527. The number of benzene rings is 2. The van der Waals surface area contributed by atoms with Crippen LogP contribution in [0.1, 0.15) is 41.6 Å². The summed E-state index contributed by atoms with van der Waals surface area (Å²) < 4.78 is 5.69. The number of rotatable bonds is 5. The SMILES string of the molecule is Nc1c(Cl)cc(C(=O)NC2CCN(CC3CCN(C(=O)Nc4ccccc4)CC3)CC2)c2c1CCO2. The van der Waals surface area contributed by atoms with Gasteiger partial charge in [-0.25, -0.2) is 4.79 Å². The number of nitrogens with zero attached hydrogens (tertiary/aromatic N) is 2. The van der Waals surface area contributed by atoms with Crippen molar-refractivity contribution in [1.82, 2.24) is 15.1 Å². The van der Waals surface area contributed by atoms with Crippen LogP contribution in [0.25, 0.3) is 0 Å². The maximum Gasteiger partial charge on any atom is 0.321 e. The van der Waals surface area contributed by atoms with Crippen LogP contribution in [0.5, 0.6) is 5.75 Å². The van der Waals surface area contributed by atoms with E-state index < -0.39 is 0 Å². The number of para-hydroxylation sites is 1. The predicted molar refractivity (Wildman–Crippen MR) is 142 cm³/mol. The molecule has 3 aliphatic heterocycles. The zero-order chi connectivity index (χ0) is 25.1. The number of anilines is 2. The van der Waals surface area contributed by atoms with E-state index in [9.17, 15) is 9.59 Å². The monoisotopic (exact) mass is 511 g/mol. The number of fused-ring (bicyclic) bond motifs is 1. The molecule has 0 bridgehead atoms. The Bertz CT molecular complexity index is 1100. The zero-order valence-electron chi connectivity index (χ0n) is 20.5. The summed E-state index contributed by atoms with van der Waals surface area (Å²) in [4.78, 5) is 29.9. The fourth-order valence-electron chi connectivity index (χ4n) is 5.47. The highest BCUT2D eigenvalue weighted by molar-refractivity contribution is 6.33. The third-order valence-electron chi connectivity index (χ3n) is 7.58. The van der Waals surface area contributed by atoms with Crippen LogP contribution in [-0.2, 0) is 6.42 Å². The van der Waals surface area contributed by atoms with Gasteiger partial charge in [0.05, 0.1) is 22.9 Å². The van der Waals surface area contributed by atoms with Gasteiger partial charge in [0.15, 0.2) is 0 Å². The van der Waals surface area contributed by atoms with Gasteiger partial charge >= 0.3 is 6.03 Å². The highest BCUT2D eigenvalue weighted by atomic mass is 35.5. The van der Waals surface area contributed by atoms with Gasteiger partial charge in [0.1, 0.15) is 5.75 Å². The lowest BCUT2D eigenvalue weighted by molar-refractivity contribution is 0.0892. The number of halogens is 1. The number of carbonyl (C=O) groups excluding carboxylic acids is 2. The molecule has 4 N–H and O–H groups in total. The molecule has 3 heterocycles. The molecule has 0 aliphatic carbocycles. The maximum atomic E-state index is 13.0. The van der Waals surface area contributed by atoms with Gasteiger partial charge in [-0.05, 0) is 49.8 Å². The van der Waals surface area contributed by atoms with Crippen molar-refractivity contribution in [2.24, 2.45) is 5.92 Å². The molecule has 9 heteroatoms. The molecular formula is C27H34ClN5O3. The Kier molecular flexibility index (Phi) is 7.53. The molecule has 2 aromatic rings. The Balaban J connectivity index is 1.05. The minimum Gasteiger partial charge on any atom is -0.492 e. The Hall–Kier alpha value is -2.97. The molecular weight excluding hydrogens is 478 g/mol. The molecule has 2 saturated heterocycles. The van der Waals surface area contributed by atoms with Gasteiger partial charge in [-0.15, -0.1) is 0 Å². The topological polar surface area (TPSA) is 99.9 Å². The molecule has 3 amide bonds. The summed E-state index contributed by atoms with van der Waals surface area (Å²) >= 11 is 6.27. The van der Waals surface area contributed by atoms with Crippen LogP contribution in [0.15, 0.2) is 36.4 Å². The Labute approximate surface area is 217 Å². The lowest BCUT2D eigenvalue weighted by atomic mass is 9.94. The minimum absolute atomic E-state index is 0.0189. The molecule has 192 valence electrons. The summed E-state index contributed by atoms with van der Waals surface area (Å²) in [6, 6.07) is 11.3. The average Bonchev–Trinajstić information content (AvgIpc) is 3.39. The largest absolute Gasteiger partial charge is 0.492 e. The summed E-state index contributed by atoms with van der Waals surface area (Å²) in [5.74, 6) is 1.03. The van der Waals surface area contributed by atoms with Crippen molar-refractivity contribution >= 4 is 34.9 Å². The first-order valence-corrected chi connectivity index (χ1v) is 13.2. The van der Waals surface area contributed by atoms with Gasteiger partial charge in [-0.3, -0.25) is 4.79 Å². The van der Waals surface area contributed by atoms with Crippen molar-refractivity contribution in [2.75, 3.05) is 50.4 Å². The molecule has 8 nitrogen and oxygen atoms in total. The first kappa shape index (κ1) is 24.7. The van der Waals surface area contributed by atoms with Crippen LogP contribution in [0, 0.1) is 5.92 Å². The summed E-state index contributed by atoms with van der Waals surface area (Å²) in [6.07, 6.45) is 4.53. The lowest BCUT2D eigenvalue weighted by Gasteiger charge is -2.37. The van der Waals surface area contributed by atoms with Crippen molar-refractivity contribution in [1.29, 1.82) is 0 Å². The molecule has 0 saturated carbocycles. The van der Waals surface area contributed by atoms with Crippen molar-refractivity contribution in [3.05, 3.63) is 52.5 Å². The molecule has 2 aromatic carbocycles. The fraction of sp³-hybridized carbons (Fsp3) is 0.481. The number of amides is 3. The molecule has 2 fully saturated rings. The van der Waals surface area contributed by atoms with Crippen LogP contribution in [0.2, 0.25) is 5.02 Å². The van der Waals surface area contributed by atoms with Gasteiger partial charge < -0.3 is 30.9 Å². The van der Waals surface area contributed by atoms with Crippen molar-refractivity contribution in [3.63, 3.8) is 0 Å². The van der Waals surface area contributed by atoms with Crippen LogP contribution < -0.4 is 21.1 Å². The summed E-state index contributed by atoms with van der Waals surface area (Å²) in [6.45, 7) is 5.05. The van der Waals surface area contributed by atoms with E-state index in [1.165, 1.54) is 0 Å². The number of hydrogen-bond acceptors (Lipinski definition) is 5. The van der Waals surface area contributed by atoms with Gasteiger partial charge in [0.25, 0.3) is 5.91 Å². The number of carbonyl (C=O) groups is 2. The number of nitrogens with two attached hydrogens (primary N) is 1. The Morgan fingerprint density at radius 3 is 2.50 bits per heavy atom. The van der Waals surface area contributed by atoms with Gasteiger partial charge in [-0.1, -0.05) is 29.8 Å². The molecule has 0 radical (unpaired) electrons. The van der Waals surface area contributed by atoms with E-state index in [-0.39, 0.29) is 18.0 Å². The van der Waals surface area contributed by atoms with E-state index >= 15 is 0 Å². The third-order valence-corrected chi connectivity index (χ3v) is 7.89. The number of piperidine rings is 2. The van der Waals surface area contributed by atoms with E-state index in [2.05, 4.69) is 15.5 Å². The average molecular weight is 512 g/mol. The molecule has 0 unspecified atom stereocenters. The number of nitrogens with one attached hydrogen (secondary N) is 2. The van der Waals surface area contributed by atoms with E-state index in [0.29, 0.717) is 41.0 Å². The number of hydrogen-bond donors (Lipinski definition) is 3. The Morgan fingerprint density at radius 1 is 1.06 bits per heavy atom. The molecule has 0 aromatic heterocycles. The molecule has 0 spiro atoms. The van der Waals surface area contributed by atoms with Crippen molar-refractivity contribution in [3.8, 4) is 5.75 Å². The van der Waals surface area contributed by atoms with Gasteiger partial charge in [-0.2, -0.15) is 0 Å². The number of urea groups is 1. The van der Waals surface area contributed by atoms with Crippen LogP contribution in [0.4, 0.5) is 16.2 Å². The van der Waals surface area contributed by atoms with E-state index in [1.807, 2.05) is 35.2 Å². The first-order valence-electron chi connectivity index (χ1n) is 12.9. The fourth-order valence-corrected chi connectivity index (χ4v) is 5.69. The van der Waals surface area contributed by atoms with E-state index in [1.54, 1.807) is 6.07 Å². The smallest absolute Gasteiger partial charge is 0.321 e. The van der Waals surface area contributed by atoms with Gasteiger partial charge in [0.2, 0.25) is 0 Å². The molecule has 36 heavy (non-hydrogen) atoms. The standard InChI is InChI=1S/C27H34ClN5O3/c28-23-16-22(25-21(24(23)29)10-15-36-25)26(34)30-20-8-11-32(12-9-20)17-18-6-13-33(14-7-18)27(35)31-19-4-2-1-3-5-19/h1-5,16,18,20H,6-15,17,29H2,(H,30,34)(H,31,35). The second-order valence-corrected chi connectivity index (χ2v) is 10.4. The molecule has 0 atom stereocenters. The van der Waals surface area contributed by atoms with Crippen LogP contribution in [-0.4, -0.2) is 67.1 Å². The third kappa shape index (κ3) is 5.55. The van der Waals surface area contributed by atoms with Crippen LogP contribution >= 0.6 is 11.6 Å². The lowest BCUT2D eigenvalue weighted by Crippen LogP contribution is -2.47. The van der Waals surface area contributed by atoms with Crippen LogP contribution in [0.3, 0.4) is 0 Å². The minimum atomic E-state index is -0.144.